The minimum Gasteiger partial charge on any atom is -0.388 e. The fourth-order valence-corrected chi connectivity index (χ4v) is 3.49. The number of benzene rings is 1. The molecule has 0 saturated heterocycles. The highest BCUT2D eigenvalue weighted by Crippen LogP contribution is 2.29. The van der Waals surface area contributed by atoms with Gasteiger partial charge in [-0.2, -0.15) is 0 Å². The van der Waals surface area contributed by atoms with Gasteiger partial charge in [-0.25, -0.2) is 0 Å². The lowest BCUT2D eigenvalue weighted by Crippen LogP contribution is -2.52. The Morgan fingerprint density at radius 2 is 2.07 bits per heavy atom. The maximum Gasteiger partial charge on any atom is 0.253 e. The van der Waals surface area contributed by atoms with Crippen LogP contribution >= 0.6 is 11.6 Å². The maximum atomic E-state index is 12.6. The van der Waals surface area contributed by atoms with Gasteiger partial charge in [0.1, 0.15) is 6.10 Å². The molecule has 7 heteroatoms. The monoisotopic (exact) mass is 391 g/mol. The first-order valence-corrected chi connectivity index (χ1v) is 9.37. The predicted octanol–water partition coefficient (Wildman–Crippen LogP) is 2.31. The van der Waals surface area contributed by atoms with E-state index < -0.39 is 12.0 Å². The Hall–Kier alpha value is -2.23. The lowest BCUT2D eigenvalue weighted by atomic mass is 9.80. The van der Waals surface area contributed by atoms with Crippen LogP contribution in [0.5, 0.6) is 0 Å². The highest BCUT2D eigenvalue weighted by atomic mass is 35.5. The largest absolute Gasteiger partial charge is 0.388 e. The first-order valence-electron chi connectivity index (χ1n) is 8.99. The van der Waals surface area contributed by atoms with Crippen molar-refractivity contribution in [2.45, 2.75) is 56.7 Å². The van der Waals surface area contributed by atoms with Gasteiger partial charge in [-0.3, -0.25) is 9.59 Å². The number of nitrogens with one attached hydrogen (secondary N) is 3. The number of aliphatic hydroxyl groups is 1. The number of terminal acetylenes is 1. The van der Waals surface area contributed by atoms with Crippen LogP contribution in [0.2, 0.25) is 5.02 Å². The van der Waals surface area contributed by atoms with Crippen molar-refractivity contribution < 1.29 is 14.7 Å². The van der Waals surface area contributed by atoms with E-state index >= 15 is 0 Å². The van der Waals surface area contributed by atoms with Gasteiger partial charge in [0.05, 0.1) is 10.6 Å². The number of aliphatic hydroxyl groups excluding tert-OH is 1. The molecular weight excluding hydrogens is 366 g/mol. The van der Waals surface area contributed by atoms with Crippen LogP contribution in [0.3, 0.4) is 0 Å². The van der Waals surface area contributed by atoms with Gasteiger partial charge < -0.3 is 21.1 Å². The van der Waals surface area contributed by atoms with Crippen molar-refractivity contribution in [2.24, 2.45) is 0 Å². The van der Waals surface area contributed by atoms with Crippen molar-refractivity contribution in [3.63, 3.8) is 0 Å². The van der Waals surface area contributed by atoms with Gasteiger partial charge in [0, 0.05) is 30.7 Å². The number of hydrogen-bond donors (Lipinski definition) is 4. The summed E-state index contributed by atoms with van der Waals surface area (Å²) in [4.78, 5) is 24.5. The maximum absolute atomic E-state index is 12.6. The van der Waals surface area contributed by atoms with Crippen LogP contribution in [0.15, 0.2) is 18.2 Å². The summed E-state index contributed by atoms with van der Waals surface area (Å²) in [7, 11) is 1.79. The fourth-order valence-electron chi connectivity index (χ4n) is 3.22. The molecule has 1 unspecified atom stereocenters. The molecule has 1 aromatic rings. The quantitative estimate of drug-likeness (QED) is 0.560. The molecule has 2 rings (SSSR count). The van der Waals surface area contributed by atoms with Crippen LogP contribution in [0.1, 0.15) is 49.4 Å². The van der Waals surface area contributed by atoms with Crippen molar-refractivity contribution in [1.29, 1.82) is 0 Å². The van der Waals surface area contributed by atoms with Crippen LogP contribution in [-0.2, 0) is 4.79 Å². The van der Waals surface area contributed by atoms with Gasteiger partial charge in [-0.1, -0.05) is 11.6 Å². The minimum atomic E-state index is -1.18. The van der Waals surface area contributed by atoms with E-state index in [0.29, 0.717) is 36.3 Å². The third-order valence-corrected chi connectivity index (χ3v) is 5.28. The number of hydrogen-bond acceptors (Lipinski definition) is 4. The van der Waals surface area contributed by atoms with E-state index in [1.54, 1.807) is 25.2 Å². The Balaban J connectivity index is 1.91. The zero-order valence-electron chi connectivity index (χ0n) is 15.6. The third kappa shape index (κ3) is 5.62. The van der Waals surface area contributed by atoms with E-state index in [4.69, 9.17) is 18.0 Å². The lowest BCUT2D eigenvalue weighted by molar-refractivity contribution is -0.130. The normalized spacial score (nSPS) is 23.0. The Kier molecular flexibility index (Phi) is 7.11. The number of carbonyl (C=O) groups excluding carboxylic acids is 2. The SMILES string of the molecule is C#CCC(O)C(=O)NC1CCC(C)(NC(=O)c2ccc(NC)cc2Cl)CC1. The molecule has 0 aliphatic heterocycles. The molecule has 0 heterocycles. The lowest BCUT2D eigenvalue weighted by Gasteiger charge is -2.38. The molecule has 0 radical (unpaired) electrons. The number of amides is 2. The number of halogens is 1. The minimum absolute atomic E-state index is 0.000569. The van der Waals surface area contributed by atoms with Crippen LogP contribution in [0.4, 0.5) is 5.69 Å². The number of anilines is 1. The molecule has 1 aromatic carbocycles. The molecule has 1 saturated carbocycles. The van der Waals surface area contributed by atoms with Crippen molar-refractivity contribution in [3.8, 4) is 12.3 Å². The summed E-state index contributed by atoms with van der Waals surface area (Å²) >= 11 is 6.22. The molecule has 27 heavy (non-hydrogen) atoms. The molecule has 0 aromatic heterocycles. The van der Waals surface area contributed by atoms with Gasteiger partial charge in [-0.15, -0.1) is 12.3 Å². The van der Waals surface area contributed by atoms with E-state index in [1.807, 2.05) is 6.92 Å². The smallest absolute Gasteiger partial charge is 0.253 e. The molecule has 0 spiro atoms. The van der Waals surface area contributed by atoms with Crippen LogP contribution in [0, 0.1) is 12.3 Å². The van der Waals surface area contributed by atoms with Gasteiger partial charge in [0.15, 0.2) is 0 Å². The Bertz CT molecular complexity index is 736. The summed E-state index contributed by atoms with van der Waals surface area (Å²) in [5.74, 6) is 1.62. The van der Waals surface area contributed by atoms with Crippen LogP contribution in [0.25, 0.3) is 0 Å². The van der Waals surface area contributed by atoms with E-state index in [1.165, 1.54) is 0 Å². The van der Waals surface area contributed by atoms with Crippen LogP contribution in [-0.4, -0.2) is 41.7 Å². The topological polar surface area (TPSA) is 90.5 Å². The highest BCUT2D eigenvalue weighted by molar-refractivity contribution is 6.34. The summed E-state index contributed by atoms with van der Waals surface area (Å²) in [6.45, 7) is 1.99. The summed E-state index contributed by atoms with van der Waals surface area (Å²) in [5, 5.41) is 18.9. The molecule has 6 nitrogen and oxygen atoms in total. The van der Waals surface area contributed by atoms with E-state index in [9.17, 15) is 14.7 Å². The molecule has 1 fully saturated rings. The second-order valence-corrected chi connectivity index (χ2v) is 7.57. The zero-order chi connectivity index (χ0) is 20.0. The molecule has 1 aliphatic rings. The van der Waals surface area contributed by atoms with E-state index in [2.05, 4.69) is 21.9 Å². The first kappa shape index (κ1) is 21.1. The highest BCUT2D eigenvalue weighted by Gasteiger charge is 2.34. The molecule has 1 atom stereocenters. The first-order chi connectivity index (χ1) is 12.8. The van der Waals surface area contributed by atoms with Crippen LogP contribution < -0.4 is 16.0 Å². The molecule has 146 valence electrons. The van der Waals surface area contributed by atoms with E-state index in [-0.39, 0.29) is 23.9 Å². The second-order valence-electron chi connectivity index (χ2n) is 7.17. The molecule has 2 amide bonds. The van der Waals surface area contributed by atoms with Crippen molar-refractivity contribution in [2.75, 3.05) is 12.4 Å². The molecule has 1 aliphatic carbocycles. The Morgan fingerprint density at radius 3 is 2.63 bits per heavy atom. The Labute approximate surface area is 165 Å². The zero-order valence-corrected chi connectivity index (χ0v) is 16.4. The molecule has 4 N–H and O–H groups in total. The third-order valence-electron chi connectivity index (χ3n) is 4.97. The molecule has 0 bridgehead atoms. The van der Waals surface area contributed by atoms with Crippen molar-refractivity contribution >= 4 is 29.1 Å². The number of rotatable bonds is 6. The predicted molar refractivity (Wildman–Crippen MR) is 107 cm³/mol. The average molecular weight is 392 g/mol. The van der Waals surface area contributed by atoms with Crippen molar-refractivity contribution in [3.05, 3.63) is 28.8 Å². The fraction of sp³-hybridized carbons (Fsp3) is 0.500. The summed E-state index contributed by atoms with van der Waals surface area (Å²) in [5.41, 5.74) is 0.900. The average Bonchev–Trinajstić information content (AvgIpc) is 2.63. The van der Waals surface area contributed by atoms with Crippen molar-refractivity contribution in [1.82, 2.24) is 10.6 Å². The number of carbonyl (C=O) groups is 2. The Morgan fingerprint density at radius 1 is 1.41 bits per heavy atom. The molecular formula is C20H26ClN3O3. The summed E-state index contributed by atoms with van der Waals surface area (Å²) in [6.07, 6.45) is 6.77. The van der Waals surface area contributed by atoms with Gasteiger partial charge >= 0.3 is 0 Å². The van der Waals surface area contributed by atoms with Gasteiger partial charge in [0.2, 0.25) is 5.91 Å². The summed E-state index contributed by atoms with van der Waals surface area (Å²) in [6, 6.07) is 5.18. The van der Waals surface area contributed by atoms with Gasteiger partial charge in [0.25, 0.3) is 5.91 Å². The summed E-state index contributed by atoms with van der Waals surface area (Å²) < 4.78 is 0. The van der Waals surface area contributed by atoms with E-state index in [0.717, 1.165) is 5.69 Å². The second kappa shape index (κ2) is 9.12. The standard InChI is InChI=1S/C20H26ClN3O3/c1-4-5-17(25)19(27)23-13-8-10-20(2,11-9-13)24-18(26)15-7-6-14(22-3)12-16(15)21/h1,6-7,12-13,17,22,25H,5,8-11H2,2-3H3,(H,23,27)(H,24,26). The van der Waals surface area contributed by atoms with Gasteiger partial charge in [-0.05, 0) is 50.8 Å².